The third-order valence-corrected chi connectivity index (χ3v) is 4.47. The summed E-state index contributed by atoms with van der Waals surface area (Å²) in [5.41, 5.74) is 1.91. The molecular formula is C16H25N3O. The van der Waals surface area contributed by atoms with Gasteiger partial charge in [-0.1, -0.05) is 20.3 Å². The monoisotopic (exact) mass is 275 g/mol. The van der Waals surface area contributed by atoms with Crippen molar-refractivity contribution in [2.45, 2.75) is 40.0 Å². The highest BCUT2D eigenvalue weighted by Crippen LogP contribution is 2.34. The fraction of sp³-hybridized carbons (Fsp3) is 0.625. The topological polar surface area (TPSA) is 45.2 Å². The van der Waals surface area contributed by atoms with Crippen molar-refractivity contribution in [3.8, 4) is 0 Å². The molecule has 0 bridgehead atoms. The highest BCUT2D eigenvalue weighted by Gasteiger charge is 2.30. The van der Waals surface area contributed by atoms with E-state index < -0.39 is 0 Å². The zero-order chi connectivity index (χ0) is 14.6. The quantitative estimate of drug-likeness (QED) is 0.918. The number of hydrogen-bond acceptors (Lipinski definition) is 3. The first-order valence-corrected chi connectivity index (χ1v) is 7.57. The number of pyridine rings is 1. The third-order valence-electron chi connectivity index (χ3n) is 4.47. The van der Waals surface area contributed by atoms with E-state index in [4.69, 9.17) is 0 Å². The summed E-state index contributed by atoms with van der Waals surface area (Å²) in [6.45, 7) is 9.14. The molecule has 1 saturated heterocycles. The van der Waals surface area contributed by atoms with Crippen LogP contribution in [-0.4, -0.2) is 35.4 Å². The number of rotatable bonds is 4. The Hall–Kier alpha value is -1.58. The fourth-order valence-electron chi connectivity index (χ4n) is 2.59. The van der Waals surface area contributed by atoms with Crippen molar-refractivity contribution < 1.29 is 4.79 Å². The molecule has 0 unspecified atom stereocenters. The largest absolute Gasteiger partial charge is 0.384 e. The Bertz CT molecular complexity index is 447. The van der Waals surface area contributed by atoms with Gasteiger partial charge in [0.1, 0.15) is 5.69 Å². The first-order valence-electron chi connectivity index (χ1n) is 7.57. The van der Waals surface area contributed by atoms with Crippen LogP contribution in [0.1, 0.15) is 50.5 Å². The SMILES string of the molecule is CCNc1ccc(C(=O)N2CCC(C)(CC)CC2)nc1. The van der Waals surface area contributed by atoms with Gasteiger partial charge in [-0.2, -0.15) is 0 Å². The predicted octanol–water partition coefficient (Wildman–Crippen LogP) is 3.17. The Morgan fingerprint density at radius 3 is 2.55 bits per heavy atom. The standard InChI is InChI=1S/C16H25N3O/c1-4-16(3)8-10-19(11-9-16)15(20)14-7-6-13(12-18-14)17-5-2/h6-7,12,17H,4-5,8-11H2,1-3H3. The molecule has 1 aromatic rings. The van der Waals surface area contributed by atoms with Gasteiger partial charge in [0.2, 0.25) is 0 Å². The summed E-state index contributed by atoms with van der Waals surface area (Å²) in [4.78, 5) is 18.6. The van der Waals surface area contributed by atoms with E-state index in [9.17, 15) is 4.79 Å². The lowest BCUT2D eigenvalue weighted by molar-refractivity contribution is 0.0594. The second-order valence-corrected chi connectivity index (χ2v) is 5.92. The van der Waals surface area contributed by atoms with Crippen molar-refractivity contribution >= 4 is 11.6 Å². The van der Waals surface area contributed by atoms with Crippen molar-refractivity contribution in [3.05, 3.63) is 24.0 Å². The van der Waals surface area contributed by atoms with Gasteiger partial charge in [-0.3, -0.25) is 4.79 Å². The summed E-state index contributed by atoms with van der Waals surface area (Å²) in [5.74, 6) is 0.0613. The summed E-state index contributed by atoms with van der Waals surface area (Å²) in [6.07, 6.45) is 5.09. The molecule has 1 fully saturated rings. The molecule has 1 N–H and O–H groups in total. The molecule has 0 atom stereocenters. The van der Waals surface area contributed by atoms with E-state index >= 15 is 0 Å². The van der Waals surface area contributed by atoms with Crippen LogP contribution < -0.4 is 5.32 Å². The van der Waals surface area contributed by atoms with Crippen LogP contribution in [0.4, 0.5) is 5.69 Å². The predicted molar refractivity (Wildman–Crippen MR) is 81.9 cm³/mol. The minimum absolute atomic E-state index is 0.0613. The molecule has 1 aliphatic heterocycles. The number of hydrogen-bond donors (Lipinski definition) is 1. The van der Waals surface area contributed by atoms with E-state index in [0.717, 1.165) is 38.2 Å². The average Bonchev–Trinajstić information content (AvgIpc) is 2.48. The summed E-state index contributed by atoms with van der Waals surface area (Å²) < 4.78 is 0. The molecule has 0 radical (unpaired) electrons. The molecule has 1 amide bonds. The van der Waals surface area contributed by atoms with E-state index in [1.165, 1.54) is 6.42 Å². The van der Waals surface area contributed by atoms with Gasteiger partial charge >= 0.3 is 0 Å². The summed E-state index contributed by atoms with van der Waals surface area (Å²) in [5, 5.41) is 3.18. The van der Waals surface area contributed by atoms with Crippen molar-refractivity contribution in [1.82, 2.24) is 9.88 Å². The average molecular weight is 275 g/mol. The number of likely N-dealkylation sites (tertiary alicyclic amines) is 1. The Balaban J connectivity index is 1.98. The van der Waals surface area contributed by atoms with Gasteiger partial charge in [0.25, 0.3) is 5.91 Å². The second-order valence-electron chi connectivity index (χ2n) is 5.92. The molecule has 4 nitrogen and oxygen atoms in total. The van der Waals surface area contributed by atoms with Crippen LogP contribution in [0, 0.1) is 5.41 Å². The molecule has 2 rings (SSSR count). The molecule has 0 aromatic carbocycles. The van der Waals surface area contributed by atoms with Crippen LogP contribution in [0.25, 0.3) is 0 Å². The van der Waals surface area contributed by atoms with Crippen molar-refractivity contribution in [2.75, 3.05) is 25.0 Å². The molecule has 110 valence electrons. The van der Waals surface area contributed by atoms with Crippen molar-refractivity contribution in [1.29, 1.82) is 0 Å². The number of carbonyl (C=O) groups is 1. The van der Waals surface area contributed by atoms with E-state index in [2.05, 4.69) is 24.1 Å². The number of nitrogens with one attached hydrogen (secondary N) is 1. The zero-order valence-corrected chi connectivity index (χ0v) is 12.8. The number of anilines is 1. The van der Waals surface area contributed by atoms with E-state index in [0.29, 0.717) is 11.1 Å². The lowest BCUT2D eigenvalue weighted by Crippen LogP contribution is -2.42. The first-order chi connectivity index (χ1) is 9.58. The Morgan fingerprint density at radius 2 is 2.05 bits per heavy atom. The molecule has 1 aliphatic rings. The lowest BCUT2D eigenvalue weighted by atomic mass is 9.78. The van der Waals surface area contributed by atoms with Gasteiger partial charge in [-0.25, -0.2) is 4.98 Å². The third kappa shape index (κ3) is 3.30. The molecule has 1 aromatic heterocycles. The molecule has 4 heteroatoms. The van der Waals surface area contributed by atoms with Crippen LogP contribution in [0.2, 0.25) is 0 Å². The molecule has 0 saturated carbocycles. The van der Waals surface area contributed by atoms with Crippen molar-refractivity contribution in [2.24, 2.45) is 5.41 Å². The Labute approximate surface area is 121 Å². The first kappa shape index (κ1) is 14.8. The Morgan fingerprint density at radius 1 is 1.35 bits per heavy atom. The minimum Gasteiger partial charge on any atom is -0.384 e. The second kappa shape index (κ2) is 6.25. The summed E-state index contributed by atoms with van der Waals surface area (Å²) >= 11 is 0. The van der Waals surface area contributed by atoms with Crippen molar-refractivity contribution in [3.63, 3.8) is 0 Å². The number of aromatic nitrogens is 1. The van der Waals surface area contributed by atoms with Gasteiger partial charge in [0.05, 0.1) is 11.9 Å². The number of piperidine rings is 1. The van der Waals surface area contributed by atoms with Crippen LogP contribution in [-0.2, 0) is 0 Å². The molecule has 0 aliphatic carbocycles. The number of carbonyl (C=O) groups excluding carboxylic acids is 1. The lowest BCUT2D eigenvalue weighted by Gasteiger charge is -2.38. The van der Waals surface area contributed by atoms with E-state index in [1.54, 1.807) is 6.20 Å². The van der Waals surface area contributed by atoms with Crippen LogP contribution in [0.5, 0.6) is 0 Å². The highest BCUT2D eigenvalue weighted by molar-refractivity contribution is 5.92. The maximum absolute atomic E-state index is 12.4. The van der Waals surface area contributed by atoms with Gasteiger partial charge in [0.15, 0.2) is 0 Å². The summed E-state index contributed by atoms with van der Waals surface area (Å²) in [7, 11) is 0. The fourth-order valence-corrected chi connectivity index (χ4v) is 2.59. The molecule has 2 heterocycles. The van der Waals surface area contributed by atoms with Crippen LogP contribution in [0.15, 0.2) is 18.3 Å². The number of nitrogens with zero attached hydrogens (tertiary/aromatic N) is 2. The minimum atomic E-state index is 0.0613. The smallest absolute Gasteiger partial charge is 0.272 e. The maximum atomic E-state index is 12.4. The van der Waals surface area contributed by atoms with Crippen LogP contribution >= 0.6 is 0 Å². The molecular weight excluding hydrogens is 250 g/mol. The molecule has 0 spiro atoms. The van der Waals surface area contributed by atoms with E-state index in [1.807, 2.05) is 24.0 Å². The van der Waals surface area contributed by atoms with Gasteiger partial charge < -0.3 is 10.2 Å². The highest BCUT2D eigenvalue weighted by atomic mass is 16.2. The molecule has 20 heavy (non-hydrogen) atoms. The van der Waals surface area contributed by atoms with Gasteiger partial charge in [-0.15, -0.1) is 0 Å². The number of amides is 1. The normalized spacial score (nSPS) is 17.9. The Kier molecular flexibility index (Phi) is 4.63. The van der Waals surface area contributed by atoms with Gasteiger partial charge in [-0.05, 0) is 37.3 Å². The maximum Gasteiger partial charge on any atom is 0.272 e. The van der Waals surface area contributed by atoms with E-state index in [-0.39, 0.29) is 5.91 Å². The van der Waals surface area contributed by atoms with Gasteiger partial charge in [0, 0.05) is 19.6 Å². The summed E-state index contributed by atoms with van der Waals surface area (Å²) in [6, 6.07) is 3.73. The zero-order valence-electron chi connectivity index (χ0n) is 12.8. The van der Waals surface area contributed by atoms with Crippen LogP contribution in [0.3, 0.4) is 0 Å².